The fourth-order valence-electron chi connectivity index (χ4n) is 4.63. The summed E-state index contributed by atoms with van der Waals surface area (Å²) in [7, 11) is 0. The van der Waals surface area contributed by atoms with Gasteiger partial charge in [0.1, 0.15) is 6.07 Å². The second-order valence-electron chi connectivity index (χ2n) is 7.58. The summed E-state index contributed by atoms with van der Waals surface area (Å²) in [5, 5.41) is 13.3. The Kier molecular flexibility index (Phi) is 4.23. The minimum Gasteiger partial charge on any atom is -0.356 e. The molecular weight excluding hydrogens is 306 g/mol. The first-order valence-electron chi connectivity index (χ1n) is 9.25. The molecule has 1 N–H and O–H groups in total. The van der Waals surface area contributed by atoms with Crippen molar-refractivity contribution in [2.24, 2.45) is 0 Å². The lowest BCUT2D eigenvalue weighted by molar-refractivity contribution is 0.259. The molecule has 1 spiro atoms. The minimum atomic E-state index is 0.209. The summed E-state index contributed by atoms with van der Waals surface area (Å²) in [6, 6.07) is 19.3. The van der Waals surface area contributed by atoms with E-state index in [9.17, 15) is 5.26 Å². The standard InChI is InChI=1S/C22H25N3/c1-17-6-5-9-20(14-23)21(17)25-15-22(24-16-25)12-10-19(11-13-22)18-7-3-2-4-8-18/h2-9,19,24H,10-13,15-16H2,1H3. The molecule has 1 aliphatic carbocycles. The molecular formula is C22H25N3. The monoisotopic (exact) mass is 331 g/mol. The molecule has 1 saturated heterocycles. The second kappa shape index (κ2) is 6.54. The topological polar surface area (TPSA) is 39.1 Å². The third kappa shape index (κ3) is 3.03. The molecule has 1 saturated carbocycles. The van der Waals surface area contributed by atoms with Gasteiger partial charge < -0.3 is 4.90 Å². The van der Waals surface area contributed by atoms with E-state index in [1.54, 1.807) is 0 Å². The molecule has 0 atom stereocenters. The lowest BCUT2D eigenvalue weighted by Gasteiger charge is -2.37. The molecule has 1 aliphatic heterocycles. The maximum absolute atomic E-state index is 9.47. The molecule has 0 unspecified atom stereocenters. The number of anilines is 1. The Morgan fingerprint density at radius 1 is 1.08 bits per heavy atom. The van der Waals surface area contributed by atoms with Gasteiger partial charge >= 0.3 is 0 Å². The van der Waals surface area contributed by atoms with Crippen LogP contribution in [0.15, 0.2) is 48.5 Å². The number of rotatable bonds is 2. The summed E-state index contributed by atoms with van der Waals surface area (Å²) in [5.41, 5.74) is 4.78. The Balaban J connectivity index is 1.48. The van der Waals surface area contributed by atoms with Gasteiger partial charge in [-0.25, -0.2) is 0 Å². The van der Waals surface area contributed by atoms with E-state index in [0.29, 0.717) is 5.92 Å². The quantitative estimate of drug-likeness (QED) is 0.890. The number of nitriles is 1. The number of benzene rings is 2. The third-order valence-corrected chi connectivity index (χ3v) is 6.03. The van der Waals surface area contributed by atoms with Crippen molar-refractivity contribution in [1.29, 1.82) is 5.26 Å². The maximum atomic E-state index is 9.47. The highest BCUT2D eigenvalue weighted by atomic mass is 15.3. The van der Waals surface area contributed by atoms with Gasteiger partial charge in [0.15, 0.2) is 0 Å². The highest BCUT2D eigenvalue weighted by Crippen LogP contribution is 2.41. The van der Waals surface area contributed by atoms with Crippen molar-refractivity contribution in [3.63, 3.8) is 0 Å². The SMILES string of the molecule is Cc1cccc(C#N)c1N1CNC2(CCC(c3ccccc3)CC2)C1. The summed E-state index contributed by atoms with van der Waals surface area (Å²) < 4.78 is 0. The molecule has 2 aromatic carbocycles. The number of nitrogens with zero attached hydrogens (tertiary/aromatic N) is 2. The van der Waals surface area contributed by atoms with E-state index >= 15 is 0 Å². The first kappa shape index (κ1) is 16.2. The Hall–Kier alpha value is -2.31. The van der Waals surface area contributed by atoms with E-state index < -0.39 is 0 Å². The molecule has 4 rings (SSSR count). The minimum absolute atomic E-state index is 0.209. The molecule has 0 bridgehead atoms. The van der Waals surface area contributed by atoms with E-state index in [0.717, 1.165) is 24.5 Å². The van der Waals surface area contributed by atoms with Gasteiger partial charge in [-0.2, -0.15) is 5.26 Å². The summed E-state index contributed by atoms with van der Waals surface area (Å²) in [6.07, 6.45) is 4.89. The van der Waals surface area contributed by atoms with Crippen LogP contribution in [0, 0.1) is 18.3 Å². The van der Waals surface area contributed by atoms with Crippen LogP contribution in [0.2, 0.25) is 0 Å². The van der Waals surface area contributed by atoms with Crippen LogP contribution in [-0.2, 0) is 0 Å². The van der Waals surface area contributed by atoms with Crippen LogP contribution in [0.5, 0.6) is 0 Å². The molecule has 3 nitrogen and oxygen atoms in total. The molecule has 0 radical (unpaired) electrons. The highest BCUT2D eigenvalue weighted by Gasteiger charge is 2.41. The predicted octanol–water partition coefficient (Wildman–Crippen LogP) is 4.33. The summed E-state index contributed by atoms with van der Waals surface area (Å²) >= 11 is 0. The van der Waals surface area contributed by atoms with Gasteiger partial charge in [0.25, 0.3) is 0 Å². The lowest BCUT2D eigenvalue weighted by atomic mass is 9.74. The zero-order valence-electron chi connectivity index (χ0n) is 14.8. The number of hydrogen-bond acceptors (Lipinski definition) is 3. The molecule has 0 amide bonds. The molecule has 25 heavy (non-hydrogen) atoms. The van der Waals surface area contributed by atoms with E-state index in [1.165, 1.54) is 36.8 Å². The van der Waals surface area contributed by atoms with E-state index in [2.05, 4.69) is 59.6 Å². The van der Waals surface area contributed by atoms with E-state index in [1.807, 2.05) is 12.1 Å². The maximum Gasteiger partial charge on any atom is 0.101 e. The largest absolute Gasteiger partial charge is 0.356 e. The van der Waals surface area contributed by atoms with Crippen molar-refractivity contribution in [3.05, 3.63) is 65.2 Å². The van der Waals surface area contributed by atoms with Crippen LogP contribution >= 0.6 is 0 Å². The van der Waals surface area contributed by atoms with Crippen molar-refractivity contribution in [2.75, 3.05) is 18.1 Å². The van der Waals surface area contributed by atoms with E-state index in [4.69, 9.17) is 0 Å². The van der Waals surface area contributed by atoms with Crippen molar-refractivity contribution >= 4 is 5.69 Å². The van der Waals surface area contributed by atoms with Crippen LogP contribution in [0.1, 0.15) is 48.3 Å². The van der Waals surface area contributed by atoms with Crippen LogP contribution in [0.4, 0.5) is 5.69 Å². The first-order valence-corrected chi connectivity index (χ1v) is 9.25. The third-order valence-electron chi connectivity index (χ3n) is 6.03. The summed E-state index contributed by atoms with van der Waals surface area (Å²) in [4.78, 5) is 2.37. The molecule has 0 aromatic heterocycles. The fraction of sp³-hybridized carbons (Fsp3) is 0.409. The summed E-state index contributed by atoms with van der Waals surface area (Å²) in [5.74, 6) is 0.691. The smallest absolute Gasteiger partial charge is 0.101 e. The van der Waals surface area contributed by atoms with Crippen LogP contribution in [0.25, 0.3) is 0 Å². The van der Waals surface area contributed by atoms with Crippen LogP contribution < -0.4 is 10.2 Å². The summed E-state index contributed by atoms with van der Waals surface area (Å²) in [6.45, 7) is 3.96. The average Bonchev–Trinajstić information content (AvgIpc) is 3.06. The molecule has 3 heteroatoms. The molecule has 2 fully saturated rings. The predicted molar refractivity (Wildman–Crippen MR) is 102 cm³/mol. The van der Waals surface area contributed by atoms with Gasteiger partial charge in [-0.15, -0.1) is 0 Å². The Morgan fingerprint density at radius 3 is 2.56 bits per heavy atom. The van der Waals surface area contributed by atoms with E-state index in [-0.39, 0.29) is 5.54 Å². The van der Waals surface area contributed by atoms with Gasteiger partial charge in [0.05, 0.1) is 17.9 Å². The van der Waals surface area contributed by atoms with Gasteiger partial charge in [0, 0.05) is 12.1 Å². The molecule has 128 valence electrons. The second-order valence-corrected chi connectivity index (χ2v) is 7.58. The van der Waals surface area contributed by atoms with Crippen molar-refractivity contribution in [3.8, 4) is 6.07 Å². The van der Waals surface area contributed by atoms with Gasteiger partial charge in [-0.3, -0.25) is 5.32 Å². The van der Waals surface area contributed by atoms with Crippen LogP contribution in [-0.4, -0.2) is 18.8 Å². The molecule has 2 aromatic rings. The fourth-order valence-corrected chi connectivity index (χ4v) is 4.63. The molecule has 2 aliphatic rings. The van der Waals surface area contributed by atoms with Crippen molar-refractivity contribution in [1.82, 2.24) is 5.32 Å². The van der Waals surface area contributed by atoms with Gasteiger partial charge in [-0.1, -0.05) is 42.5 Å². The number of para-hydroxylation sites is 1. The number of hydrogen-bond donors (Lipinski definition) is 1. The Labute approximate surface area is 150 Å². The molecule has 1 heterocycles. The highest BCUT2D eigenvalue weighted by molar-refractivity contribution is 5.64. The zero-order chi connectivity index (χ0) is 17.3. The average molecular weight is 331 g/mol. The van der Waals surface area contributed by atoms with Crippen molar-refractivity contribution < 1.29 is 0 Å². The van der Waals surface area contributed by atoms with Crippen LogP contribution in [0.3, 0.4) is 0 Å². The Morgan fingerprint density at radius 2 is 1.84 bits per heavy atom. The first-order chi connectivity index (χ1) is 12.2. The Bertz CT molecular complexity index is 783. The zero-order valence-corrected chi connectivity index (χ0v) is 14.8. The van der Waals surface area contributed by atoms with Crippen molar-refractivity contribution in [2.45, 2.75) is 44.1 Å². The lowest BCUT2D eigenvalue weighted by Crippen LogP contribution is -2.45. The van der Waals surface area contributed by atoms with Gasteiger partial charge in [0.2, 0.25) is 0 Å². The number of nitrogens with one attached hydrogen (secondary N) is 1. The normalized spacial score (nSPS) is 25.9. The van der Waals surface area contributed by atoms with Gasteiger partial charge in [-0.05, 0) is 55.7 Å². The number of aryl methyl sites for hydroxylation is 1.